The lowest BCUT2D eigenvalue weighted by Gasteiger charge is -2.08. The summed E-state index contributed by atoms with van der Waals surface area (Å²) in [6.45, 7) is 0.302. The number of carboxylic acid groups (broad SMARTS) is 1. The highest BCUT2D eigenvalue weighted by Crippen LogP contribution is 2.17. The van der Waals surface area contributed by atoms with Crippen LogP contribution in [0.2, 0.25) is 0 Å². The average molecular weight is 348 g/mol. The number of benzene rings is 1. The van der Waals surface area contributed by atoms with Gasteiger partial charge in [-0.2, -0.15) is 0 Å². The number of aromatic carboxylic acids is 1. The molecule has 0 atom stereocenters. The summed E-state index contributed by atoms with van der Waals surface area (Å²) < 4.78 is 0. The topological polar surface area (TPSA) is 118 Å². The molecule has 0 unspecified atom stereocenters. The number of anilines is 1. The van der Waals surface area contributed by atoms with Crippen LogP contribution in [0.1, 0.15) is 26.3 Å². The van der Waals surface area contributed by atoms with Crippen LogP contribution in [-0.4, -0.2) is 27.0 Å². The molecule has 0 aliphatic heterocycles. The molecule has 2 aromatic heterocycles. The number of nitrogens with zero attached hydrogens (tertiary/aromatic N) is 2. The molecule has 0 saturated carbocycles. The van der Waals surface area contributed by atoms with E-state index >= 15 is 0 Å². The van der Waals surface area contributed by atoms with Crippen molar-refractivity contribution in [2.75, 3.05) is 5.73 Å². The Morgan fingerprint density at radius 1 is 0.962 bits per heavy atom. The summed E-state index contributed by atoms with van der Waals surface area (Å²) in [5.41, 5.74) is 8.60. The fourth-order valence-electron chi connectivity index (χ4n) is 2.39. The summed E-state index contributed by atoms with van der Waals surface area (Å²) in [6, 6.07) is 13.2. The predicted octanol–water partition coefficient (Wildman–Crippen LogP) is 2.35. The summed E-state index contributed by atoms with van der Waals surface area (Å²) in [4.78, 5) is 31.8. The Labute approximate surface area is 149 Å². The highest BCUT2D eigenvalue weighted by Gasteiger charge is 2.11. The van der Waals surface area contributed by atoms with Gasteiger partial charge in [-0.25, -0.2) is 4.79 Å². The maximum absolute atomic E-state index is 12.4. The normalized spacial score (nSPS) is 10.3. The molecule has 7 heteroatoms. The molecule has 1 aromatic carbocycles. The van der Waals surface area contributed by atoms with Gasteiger partial charge in [0.05, 0.1) is 17.0 Å². The maximum atomic E-state index is 12.4. The molecule has 0 aliphatic rings. The van der Waals surface area contributed by atoms with E-state index in [-0.39, 0.29) is 11.5 Å². The molecule has 0 fully saturated rings. The zero-order valence-corrected chi connectivity index (χ0v) is 13.7. The lowest BCUT2D eigenvalue weighted by atomic mass is 10.1. The Bertz CT molecular complexity index is 972. The minimum absolute atomic E-state index is 0.103. The van der Waals surface area contributed by atoms with Gasteiger partial charge in [0.25, 0.3) is 5.91 Å². The summed E-state index contributed by atoms with van der Waals surface area (Å²) >= 11 is 0. The van der Waals surface area contributed by atoms with E-state index in [1.54, 1.807) is 18.2 Å². The van der Waals surface area contributed by atoms with Crippen molar-refractivity contribution in [3.8, 4) is 11.4 Å². The number of para-hydroxylation sites is 1. The van der Waals surface area contributed by atoms with Gasteiger partial charge in [0.1, 0.15) is 0 Å². The number of pyridine rings is 2. The van der Waals surface area contributed by atoms with Crippen LogP contribution in [0.3, 0.4) is 0 Å². The molecule has 130 valence electrons. The molecule has 2 heterocycles. The second-order valence-corrected chi connectivity index (χ2v) is 5.55. The highest BCUT2D eigenvalue weighted by atomic mass is 16.4. The first-order chi connectivity index (χ1) is 12.5. The Kier molecular flexibility index (Phi) is 4.89. The average Bonchev–Trinajstić information content (AvgIpc) is 2.67. The minimum atomic E-state index is -1.05. The van der Waals surface area contributed by atoms with Gasteiger partial charge in [0.2, 0.25) is 0 Å². The Morgan fingerprint density at radius 2 is 1.58 bits per heavy atom. The van der Waals surface area contributed by atoms with Gasteiger partial charge in [-0.3, -0.25) is 14.8 Å². The van der Waals surface area contributed by atoms with Crippen molar-refractivity contribution in [2.45, 2.75) is 6.54 Å². The van der Waals surface area contributed by atoms with Crippen LogP contribution >= 0.6 is 0 Å². The number of carbonyl (C=O) groups excluding carboxylic acids is 1. The lowest BCUT2D eigenvalue weighted by molar-refractivity contribution is 0.0696. The van der Waals surface area contributed by atoms with Gasteiger partial charge in [0, 0.05) is 30.2 Å². The van der Waals surface area contributed by atoms with E-state index in [0.717, 1.165) is 5.56 Å². The van der Waals surface area contributed by atoms with Crippen LogP contribution in [0.4, 0.5) is 5.69 Å². The fraction of sp³-hybridized carbons (Fsp3) is 0.0526. The molecule has 0 saturated heterocycles. The zero-order valence-electron chi connectivity index (χ0n) is 13.7. The molecule has 0 aliphatic carbocycles. The molecular formula is C19H16N4O3. The van der Waals surface area contributed by atoms with E-state index in [0.29, 0.717) is 29.2 Å². The van der Waals surface area contributed by atoms with Crippen LogP contribution in [0, 0.1) is 0 Å². The SMILES string of the molecule is Nc1ccccc1CNC(=O)c1ccnc(-c2cc(C(=O)O)ccn2)c1. The highest BCUT2D eigenvalue weighted by molar-refractivity contribution is 5.95. The quantitative estimate of drug-likeness (QED) is 0.609. The van der Waals surface area contributed by atoms with Gasteiger partial charge >= 0.3 is 5.97 Å². The maximum Gasteiger partial charge on any atom is 0.335 e. The van der Waals surface area contributed by atoms with E-state index in [1.807, 2.05) is 18.2 Å². The van der Waals surface area contributed by atoms with Crippen molar-refractivity contribution in [1.82, 2.24) is 15.3 Å². The molecule has 3 rings (SSSR count). The van der Waals surface area contributed by atoms with Gasteiger partial charge < -0.3 is 16.2 Å². The van der Waals surface area contributed by atoms with Crippen molar-refractivity contribution < 1.29 is 14.7 Å². The smallest absolute Gasteiger partial charge is 0.335 e. The zero-order chi connectivity index (χ0) is 18.5. The molecule has 1 amide bonds. The van der Waals surface area contributed by atoms with Crippen molar-refractivity contribution in [3.63, 3.8) is 0 Å². The molecule has 0 bridgehead atoms. The van der Waals surface area contributed by atoms with Crippen LogP contribution < -0.4 is 11.1 Å². The van der Waals surface area contributed by atoms with Crippen molar-refractivity contribution in [3.05, 3.63) is 77.6 Å². The number of hydrogen-bond donors (Lipinski definition) is 3. The first-order valence-electron chi connectivity index (χ1n) is 7.82. The number of nitrogens with one attached hydrogen (secondary N) is 1. The first kappa shape index (κ1) is 17.1. The monoisotopic (exact) mass is 348 g/mol. The molecule has 0 radical (unpaired) electrons. The molecule has 26 heavy (non-hydrogen) atoms. The van der Waals surface area contributed by atoms with Gasteiger partial charge in [-0.05, 0) is 35.9 Å². The van der Waals surface area contributed by atoms with Crippen LogP contribution in [0.25, 0.3) is 11.4 Å². The fourth-order valence-corrected chi connectivity index (χ4v) is 2.39. The largest absolute Gasteiger partial charge is 0.478 e. The predicted molar refractivity (Wildman–Crippen MR) is 96.5 cm³/mol. The Balaban J connectivity index is 1.78. The third-order valence-corrected chi connectivity index (χ3v) is 3.79. The van der Waals surface area contributed by atoms with Crippen molar-refractivity contribution in [1.29, 1.82) is 0 Å². The number of carbonyl (C=O) groups is 2. The molecule has 4 N–H and O–H groups in total. The molecule has 7 nitrogen and oxygen atoms in total. The number of hydrogen-bond acceptors (Lipinski definition) is 5. The van der Waals surface area contributed by atoms with Gasteiger partial charge in [-0.1, -0.05) is 18.2 Å². The number of rotatable bonds is 5. The van der Waals surface area contributed by atoms with Gasteiger partial charge in [0.15, 0.2) is 0 Å². The standard InChI is InChI=1S/C19H16N4O3/c20-15-4-2-1-3-14(15)11-23-18(24)12-5-7-21-16(9-12)17-10-13(19(25)26)6-8-22-17/h1-10H,11,20H2,(H,23,24)(H,25,26). The number of nitrogens with two attached hydrogens (primary N) is 1. The van der Waals surface area contributed by atoms with E-state index in [4.69, 9.17) is 10.8 Å². The van der Waals surface area contributed by atoms with Crippen LogP contribution in [-0.2, 0) is 6.54 Å². The number of nitrogen functional groups attached to an aromatic ring is 1. The second kappa shape index (κ2) is 7.43. The first-order valence-corrected chi connectivity index (χ1v) is 7.82. The Hall–Kier alpha value is -3.74. The third-order valence-electron chi connectivity index (χ3n) is 3.79. The van der Waals surface area contributed by atoms with E-state index in [9.17, 15) is 9.59 Å². The number of aromatic nitrogens is 2. The van der Waals surface area contributed by atoms with Crippen molar-refractivity contribution in [2.24, 2.45) is 0 Å². The van der Waals surface area contributed by atoms with E-state index in [1.165, 1.54) is 24.5 Å². The molecular weight excluding hydrogens is 332 g/mol. The molecule has 3 aromatic rings. The summed E-state index contributed by atoms with van der Waals surface area (Å²) in [7, 11) is 0. The van der Waals surface area contributed by atoms with E-state index in [2.05, 4.69) is 15.3 Å². The number of amides is 1. The van der Waals surface area contributed by atoms with Crippen molar-refractivity contribution >= 4 is 17.6 Å². The molecule has 0 spiro atoms. The summed E-state index contributed by atoms with van der Waals surface area (Å²) in [5.74, 6) is -1.34. The second-order valence-electron chi connectivity index (χ2n) is 5.55. The third kappa shape index (κ3) is 3.84. The van der Waals surface area contributed by atoms with E-state index < -0.39 is 5.97 Å². The number of carboxylic acids is 1. The summed E-state index contributed by atoms with van der Waals surface area (Å²) in [5, 5.41) is 11.9. The summed E-state index contributed by atoms with van der Waals surface area (Å²) in [6.07, 6.45) is 2.88. The minimum Gasteiger partial charge on any atom is -0.478 e. The lowest BCUT2D eigenvalue weighted by Crippen LogP contribution is -2.23. The Morgan fingerprint density at radius 3 is 2.23 bits per heavy atom. The van der Waals surface area contributed by atoms with Crippen LogP contribution in [0.15, 0.2) is 60.9 Å². The van der Waals surface area contributed by atoms with Gasteiger partial charge in [-0.15, -0.1) is 0 Å². The van der Waals surface area contributed by atoms with Crippen LogP contribution in [0.5, 0.6) is 0 Å².